The van der Waals surface area contributed by atoms with Crippen LogP contribution in [-0.4, -0.2) is 39.6 Å². The van der Waals surface area contributed by atoms with Crippen LogP contribution in [0.1, 0.15) is 49.4 Å². The van der Waals surface area contributed by atoms with E-state index in [1.165, 1.54) is 19.2 Å². The summed E-state index contributed by atoms with van der Waals surface area (Å²) in [4.78, 5) is 39.4. The van der Waals surface area contributed by atoms with Crippen LogP contribution in [0.5, 0.6) is 0 Å². The van der Waals surface area contributed by atoms with Crippen LogP contribution in [0.2, 0.25) is 0 Å². The maximum atomic E-state index is 12.3. The summed E-state index contributed by atoms with van der Waals surface area (Å²) < 4.78 is 16.8. The zero-order chi connectivity index (χ0) is 18.7. The molecule has 6 nitrogen and oxygen atoms in total. The molecule has 1 heterocycles. The van der Waals surface area contributed by atoms with Crippen LogP contribution in [-0.2, 0) is 15.5 Å². The van der Waals surface area contributed by atoms with Crippen LogP contribution < -0.4 is 0 Å². The van der Waals surface area contributed by atoms with Gasteiger partial charge in [0.1, 0.15) is 0 Å². The Morgan fingerprint density at radius 3 is 2.36 bits per heavy atom. The van der Waals surface area contributed by atoms with Crippen LogP contribution in [0.25, 0.3) is 0 Å². The highest BCUT2D eigenvalue weighted by molar-refractivity contribution is 7.84. The molecule has 2 aromatic rings. The first-order valence-electron chi connectivity index (χ1n) is 7.57. The lowest BCUT2D eigenvalue weighted by molar-refractivity contribution is 0.0469. The van der Waals surface area contributed by atoms with E-state index in [0.717, 1.165) is 0 Å². The molecule has 1 aromatic carbocycles. The number of Topliss-reactive ketones (excluding diaryl/α,β-unsaturated/α-hetero) is 2. The summed E-state index contributed by atoms with van der Waals surface area (Å²) in [6, 6.07) is 6.38. The highest BCUT2D eigenvalue weighted by atomic mass is 32.2. The average molecular weight is 361 g/mol. The lowest BCUT2D eigenvalue weighted by atomic mass is 10.1. The Balaban J connectivity index is 2.16. The highest BCUT2D eigenvalue weighted by Crippen LogP contribution is 2.19. The Bertz CT molecular complexity index is 882. The number of ether oxygens (including phenoxy) is 1. The van der Waals surface area contributed by atoms with Crippen molar-refractivity contribution in [3.05, 3.63) is 52.3 Å². The van der Waals surface area contributed by atoms with Crippen molar-refractivity contribution in [1.29, 1.82) is 0 Å². The van der Waals surface area contributed by atoms with Crippen molar-refractivity contribution in [2.75, 3.05) is 12.9 Å². The van der Waals surface area contributed by atoms with Gasteiger partial charge < -0.3 is 9.72 Å². The molecule has 132 valence electrons. The number of aromatic amines is 1. The Morgan fingerprint density at radius 2 is 1.80 bits per heavy atom. The van der Waals surface area contributed by atoms with Gasteiger partial charge >= 0.3 is 5.97 Å². The predicted octanol–water partition coefficient (Wildman–Crippen LogP) is 2.61. The van der Waals surface area contributed by atoms with E-state index in [1.807, 2.05) is 0 Å². The molecule has 1 aromatic heterocycles. The first-order valence-corrected chi connectivity index (χ1v) is 9.12. The van der Waals surface area contributed by atoms with E-state index < -0.39 is 29.2 Å². The lowest BCUT2D eigenvalue weighted by Gasteiger charge is -2.07. The molecule has 0 amide bonds. The summed E-state index contributed by atoms with van der Waals surface area (Å²) in [5.74, 6) is -1.29. The molecule has 1 N–H and O–H groups in total. The maximum absolute atomic E-state index is 12.3. The van der Waals surface area contributed by atoms with Gasteiger partial charge in [-0.1, -0.05) is 12.1 Å². The van der Waals surface area contributed by atoms with Crippen LogP contribution in [0.3, 0.4) is 0 Å². The Hall–Kier alpha value is -2.54. The number of carbonyl (C=O) groups excluding carboxylic acids is 3. The SMILES string of the molecule is CC(=O)c1c(C)[nH]c(C(=O)COC(=O)c2ccccc2[S@](C)=O)c1C. The number of esters is 1. The van der Waals surface area contributed by atoms with E-state index in [1.54, 1.807) is 32.0 Å². The van der Waals surface area contributed by atoms with E-state index in [-0.39, 0.29) is 17.0 Å². The molecule has 0 saturated heterocycles. The van der Waals surface area contributed by atoms with Gasteiger partial charge in [-0.15, -0.1) is 0 Å². The monoisotopic (exact) mass is 361 g/mol. The summed E-state index contributed by atoms with van der Waals surface area (Å²) >= 11 is 0. The molecule has 0 spiro atoms. The third-order valence-electron chi connectivity index (χ3n) is 3.82. The van der Waals surface area contributed by atoms with E-state index in [0.29, 0.717) is 21.7 Å². The summed E-state index contributed by atoms with van der Waals surface area (Å²) in [6.07, 6.45) is 1.46. The van der Waals surface area contributed by atoms with E-state index in [9.17, 15) is 18.6 Å². The van der Waals surface area contributed by atoms with Crippen molar-refractivity contribution in [1.82, 2.24) is 4.98 Å². The van der Waals surface area contributed by atoms with Gasteiger partial charge in [0.25, 0.3) is 0 Å². The molecule has 0 aliphatic rings. The van der Waals surface area contributed by atoms with Gasteiger partial charge in [-0.2, -0.15) is 0 Å². The van der Waals surface area contributed by atoms with Gasteiger partial charge in [0.15, 0.2) is 12.4 Å². The Kier molecular flexibility index (Phi) is 5.69. The highest BCUT2D eigenvalue weighted by Gasteiger charge is 2.22. The molecule has 2 rings (SSSR count). The minimum absolute atomic E-state index is 0.137. The number of rotatable bonds is 6. The van der Waals surface area contributed by atoms with Gasteiger partial charge in [-0.3, -0.25) is 13.8 Å². The number of carbonyl (C=O) groups is 3. The lowest BCUT2D eigenvalue weighted by Crippen LogP contribution is -2.16. The number of hydrogen-bond donors (Lipinski definition) is 1. The van der Waals surface area contributed by atoms with E-state index >= 15 is 0 Å². The molecule has 0 aliphatic heterocycles. The van der Waals surface area contributed by atoms with Crippen molar-refractivity contribution in [3.8, 4) is 0 Å². The van der Waals surface area contributed by atoms with Crippen LogP contribution in [0.15, 0.2) is 29.2 Å². The van der Waals surface area contributed by atoms with Crippen molar-refractivity contribution < 1.29 is 23.3 Å². The average Bonchev–Trinajstić information content (AvgIpc) is 2.86. The first-order chi connectivity index (χ1) is 11.7. The van der Waals surface area contributed by atoms with Gasteiger partial charge in [0, 0.05) is 17.5 Å². The number of H-pyrrole nitrogens is 1. The molecule has 0 radical (unpaired) electrons. The number of aryl methyl sites for hydroxylation is 1. The van der Waals surface area contributed by atoms with Gasteiger partial charge in [-0.05, 0) is 38.5 Å². The second-order valence-electron chi connectivity index (χ2n) is 5.63. The minimum atomic E-state index is -1.35. The number of benzene rings is 1. The van der Waals surface area contributed by atoms with Crippen LogP contribution in [0.4, 0.5) is 0 Å². The van der Waals surface area contributed by atoms with E-state index in [2.05, 4.69) is 4.98 Å². The quantitative estimate of drug-likeness (QED) is 0.630. The molecule has 7 heteroatoms. The Labute approximate surface area is 148 Å². The molecular formula is C18H19NO5S. The molecule has 0 fully saturated rings. The molecule has 0 bridgehead atoms. The van der Waals surface area contributed by atoms with Crippen LogP contribution in [0, 0.1) is 13.8 Å². The molecule has 1 atom stereocenters. The number of hydrogen-bond acceptors (Lipinski definition) is 5. The summed E-state index contributed by atoms with van der Waals surface area (Å²) in [5.41, 5.74) is 2.04. The van der Waals surface area contributed by atoms with Gasteiger partial charge in [0.05, 0.1) is 27.0 Å². The Morgan fingerprint density at radius 1 is 1.16 bits per heavy atom. The summed E-state index contributed by atoms with van der Waals surface area (Å²) in [6.45, 7) is 4.34. The van der Waals surface area contributed by atoms with E-state index in [4.69, 9.17) is 4.74 Å². The first kappa shape index (κ1) is 18.8. The number of aromatic nitrogens is 1. The van der Waals surface area contributed by atoms with Crippen molar-refractivity contribution >= 4 is 28.3 Å². The second kappa shape index (κ2) is 7.57. The number of nitrogens with one attached hydrogen (secondary N) is 1. The zero-order valence-corrected chi connectivity index (χ0v) is 15.3. The molecule has 0 saturated carbocycles. The zero-order valence-electron chi connectivity index (χ0n) is 14.5. The summed E-state index contributed by atoms with van der Waals surface area (Å²) in [5, 5.41) is 0. The third-order valence-corrected chi connectivity index (χ3v) is 4.79. The fraction of sp³-hybridized carbons (Fsp3) is 0.278. The van der Waals surface area contributed by atoms with Crippen LogP contribution >= 0.6 is 0 Å². The van der Waals surface area contributed by atoms with Crippen molar-refractivity contribution in [3.63, 3.8) is 0 Å². The predicted molar refractivity (Wildman–Crippen MR) is 93.7 cm³/mol. The smallest absolute Gasteiger partial charge is 0.339 e. The van der Waals surface area contributed by atoms with Crippen molar-refractivity contribution in [2.45, 2.75) is 25.7 Å². The fourth-order valence-corrected chi connectivity index (χ4v) is 3.46. The third kappa shape index (κ3) is 3.93. The summed E-state index contributed by atoms with van der Waals surface area (Å²) in [7, 11) is -1.35. The second-order valence-corrected chi connectivity index (χ2v) is 6.98. The minimum Gasteiger partial charge on any atom is -0.454 e. The van der Waals surface area contributed by atoms with Gasteiger partial charge in [0.2, 0.25) is 5.78 Å². The largest absolute Gasteiger partial charge is 0.454 e. The normalized spacial score (nSPS) is 11.8. The fourth-order valence-electron chi connectivity index (χ4n) is 2.72. The molecule has 25 heavy (non-hydrogen) atoms. The molecular weight excluding hydrogens is 342 g/mol. The standard InChI is InChI=1S/C18H19NO5S/c1-10-16(12(3)20)11(2)19-17(10)14(21)9-24-18(22)13-7-5-6-8-15(13)25(4)23/h5-8,19H,9H2,1-4H3/t25-/m0/s1. The maximum Gasteiger partial charge on any atom is 0.339 e. The van der Waals surface area contributed by atoms with Gasteiger partial charge in [-0.25, -0.2) is 4.79 Å². The topological polar surface area (TPSA) is 93.3 Å². The van der Waals surface area contributed by atoms with Crippen molar-refractivity contribution in [2.24, 2.45) is 0 Å². The molecule has 0 unspecified atom stereocenters. The number of ketones is 2. The molecule has 0 aliphatic carbocycles.